The number of phenols is 1. The number of allylic oxidation sites excluding steroid dienone is 2. The van der Waals surface area contributed by atoms with Crippen LogP contribution in [0.4, 0.5) is 0 Å². The van der Waals surface area contributed by atoms with Gasteiger partial charge in [-0.05, 0) is 86.7 Å². The third-order valence-corrected chi connectivity index (χ3v) is 5.29. The Morgan fingerprint density at radius 3 is 1.97 bits per heavy atom. The monoisotopic (exact) mass is 460 g/mol. The molecule has 1 N–H and O–H groups in total. The van der Waals surface area contributed by atoms with Crippen LogP contribution in [0.5, 0.6) is 17.2 Å². The van der Waals surface area contributed by atoms with Crippen LogP contribution in [0.25, 0.3) is 0 Å². The van der Waals surface area contributed by atoms with Crippen molar-refractivity contribution in [2.24, 2.45) is 0 Å². The van der Waals surface area contributed by atoms with Crippen LogP contribution in [0.15, 0.2) is 54.0 Å². The van der Waals surface area contributed by atoms with Crippen LogP contribution in [0.3, 0.4) is 0 Å². The van der Waals surface area contributed by atoms with E-state index in [0.717, 1.165) is 40.3 Å². The van der Waals surface area contributed by atoms with Gasteiger partial charge in [0.2, 0.25) is 6.79 Å². The fourth-order valence-electron chi connectivity index (χ4n) is 2.92. The number of hydrogen-bond donors (Lipinski definition) is 1. The summed E-state index contributed by atoms with van der Waals surface area (Å²) in [4.78, 5) is 0. The molecule has 0 aliphatic carbocycles. The molecular weight excluding hydrogens is 428 g/mol. The largest absolute Gasteiger partial charge is 0.504 e. The maximum absolute atomic E-state index is 10.0. The lowest BCUT2D eigenvalue weighted by atomic mass is 10.1. The highest BCUT2D eigenvalue weighted by atomic mass is 35.5. The minimum atomic E-state index is 0.0306. The molecule has 2 aromatic carbocycles. The highest BCUT2D eigenvalue weighted by molar-refractivity contribution is 6.31. The van der Waals surface area contributed by atoms with Crippen molar-refractivity contribution in [3.63, 3.8) is 0 Å². The van der Waals surface area contributed by atoms with Crippen LogP contribution >= 0.6 is 11.6 Å². The molecule has 0 saturated carbocycles. The second-order valence-electron chi connectivity index (χ2n) is 7.41. The number of ether oxygens (including phenoxy) is 4. The van der Waals surface area contributed by atoms with Crippen molar-refractivity contribution >= 4 is 11.6 Å². The molecule has 0 aliphatic heterocycles. The molecule has 0 aromatic heterocycles. The Bertz CT molecular complexity index is 949. The van der Waals surface area contributed by atoms with Gasteiger partial charge in [-0.15, -0.1) is 0 Å². The van der Waals surface area contributed by atoms with Crippen LogP contribution in [-0.2, 0) is 9.47 Å². The average Bonchev–Trinajstić information content (AvgIpc) is 2.76. The highest BCUT2D eigenvalue weighted by Gasteiger charge is 2.09. The number of halogens is 1. The summed E-state index contributed by atoms with van der Waals surface area (Å²) in [6.07, 6.45) is 5.49. The lowest BCUT2D eigenvalue weighted by molar-refractivity contribution is -0.00397. The lowest BCUT2D eigenvalue weighted by Crippen LogP contribution is -2.11. The maximum Gasteiger partial charge on any atom is 0.230 e. The van der Waals surface area contributed by atoms with E-state index in [1.54, 1.807) is 12.1 Å². The number of phenolic OH excluding ortho intramolecular Hbond substituents is 1. The van der Waals surface area contributed by atoms with E-state index < -0.39 is 0 Å². The first-order chi connectivity index (χ1) is 15.3. The Hall–Kier alpha value is -2.79. The van der Waals surface area contributed by atoms with Gasteiger partial charge in [0, 0.05) is 5.02 Å². The zero-order valence-electron chi connectivity index (χ0n) is 19.5. The molecule has 0 bridgehead atoms. The average molecular weight is 461 g/mol. The highest BCUT2D eigenvalue weighted by Crippen LogP contribution is 2.28. The third-order valence-electron chi connectivity index (χ3n) is 4.88. The van der Waals surface area contributed by atoms with Gasteiger partial charge in [0.05, 0.1) is 0 Å². The fraction of sp³-hybridized carbons (Fsp3) is 0.385. The van der Waals surface area contributed by atoms with Crippen molar-refractivity contribution in [3.8, 4) is 17.2 Å². The Kier molecular flexibility index (Phi) is 10.3. The first kappa shape index (κ1) is 25.5. The molecule has 0 atom stereocenters. The summed E-state index contributed by atoms with van der Waals surface area (Å²) in [7, 11) is 0. The van der Waals surface area contributed by atoms with E-state index in [9.17, 15) is 5.11 Å². The molecule has 6 heteroatoms. The molecule has 0 radical (unpaired) electrons. The molecule has 0 fully saturated rings. The van der Waals surface area contributed by atoms with Crippen LogP contribution in [-0.4, -0.2) is 25.1 Å². The summed E-state index contributed by atoms with van der Waals surface area (Å²) < 4.78 is 23.2. The van der Waals surface area contributed by atoms with E-state index in [1.165, 1.54) is 0 Å². The summed E-state index contributed by atoms with van der Waals surface area (Å²) in [6.45, 7) is 10.4. The maximum atomic E-state index is 10.0. The topological polar surface area (TPSA) is 57.2 Å². The summed E-state index contributed by atoms with van der Waals surface area (Å²) >= 11 is 6.16. The van der Waals surface area contributed by atoms with Crippen molar-refractivity contribution in [2.75, 3.05) is 20.0 Å². The molecule has 2 rings (SSSR count). The molecule has 5 nitrogen and oxygen atoms in total. The molecule has 0 saturated heterocycles. The van der Waals surface area contributed by atoms with Gasteiger partial charge < -0.3 is 24.1 Å². The normalized spacial score (nSPS) is 11.9. The van der Waals surface area contributed by atoms with Crippen molar-refractivity contribution in [2.45, 2.75) is 47.5 Å². The molecule has 174 valence electrons. The van der Waals surface area contributed by atoms with Crippen molar-refractivity contribution in [3.05, 3.63) is 75.7 Å². The summed E-state index contributed by atoms with van der Waals surface area (Å²) in [5, 5.41) is 10.7. The van der Waals surface area contributed by atoms with Crippen LogP contribution in [0.1, 0.15) is 43.4 Å². The minimum Gasteiger partial charge on any atom is -0.504 e. The zero-order valence-corrected chi connectivity index (χ0v) is 20.3. The van der Waals surface area contributed by atoms with E-state index in [2.05, 4.69) is 0 Å². The van der Waals surface area contributed by atoms with E-state index in [-0.39, 0.29) is 19.1 Å². The molecule has 2 aromatic rings. The van der Waals surface area contributed by atoms with Gasteiger partial charge in [-0.25, -0.2) is 0 Å². The van der Waals surface area contributed by atoms with Gasteiger partial charge in [0.15, 0.2) is 11.5 Å². The number of aryl methyl sites for hydroxylation is 1. The van der Waals surface area contributed by atoms with Gasteiger partial charge in [0.25, 0.3) is 0 Å². The molecule has 0 spiro atoms. The second kappa shape index (κ2) is 12.9. The van der Waals surface area contributed by atoms with Crippen molar-refractivity contribution < 1.29 is 24.1 Å². The van der Waals surface area contributed by atoms with Crippen molar-refractivity contribution in [1.29, 1.82) is 0 Å². The summed E-state index contributed by atoms with van der Waals surface area (Å²) in [5.41, 5.74) is 2.97. The lowest BCUT2D eigenvalue weighted by Gasteiger charge is -2.17. The Morgan fingerprint density at radius 2 is 1.41 bits per heavy atom. The zero-order chi connectivity index (χ0) is 23.5. The van der Waals surface area contributed by atoms with Gasteiger partial charge in [-0.3, -0.25) is 0 Å². The third kappa shape index (κ3) is 7.72. The quantitative estimate of drug-likeness (QED) is 0.273. The number of benzene rings is 2. The number of hydrogen-bond acceptors (Lipinski definition) is 5. The standard InChI is InChI=1S/C26H33ClO5/c1-6-8-21(15-29-25-13-11-23(27)19(4)20(25)5)31-17-32-22(9-7-2)16-30-26-12-10-18(3)14-24(26)28/h8-14,28H,6-7,15-17H2,1-5H3/b21-8+,22-9-. The van der Waals surface area contributed by atoms with Gasteiger partial charge in [-0.2, -0.15) is 0 Å². The first-order valence-corrected chi connectivity index (χ1v) is 11.2. The van der Waals surface area contributed by atoms with Crippen LogP contribution < -0.4 is 9.47 Å². The first-order valence-electron chi connectivity index (χ1n) is 10.8. The van der Waals surface area contributed by atoms with Gasteiger partial charge in [0.1, 0.15) is 30.5 Å². The van der Waals surface area contributed by atoms with Crippen LogP contribution in [0, 0.1) is 20.8 Å². The predicted octanol–water partition coefficient (Wildman–Crippen LogP) is 7.01. The van der Waals surface area contributed by atoms with E-state index in [1.807, 2.05) is 65.0 Å². The van der Waals surface area contributed by atoms with Gasteiger partial charge >= 0.3 is 0 Å². The molecule has 0 heterocycles. The van der Waals surface area contributed by atoms with Crippen molar-refractivity contribution in [1.82, 2.24) is 0 Å². The Balaban J connectivity index is 1.89. The molecule has 0 aliphatic rings. The molecular formula is C26H33ClO5. The summed E-state index contributed by atoms with van der Waals surface area (Å²) in [5.74, 6) is 2.61. The van der Waals surface area contributed by atoms with E-state index in [4.69, 9.17) is 30.5 Å². The molecule has 0 unspecified atom stereocenters. The SMILES string of the molecule is CC/C=C(/COc1ccc(C)cc1O)OCO/C(=C/CC)COc1ccc(Cl)c(C)c1C. The number of rotatable bonds is 12. The van der Waals surface area contributed by atoms with Gasteiger partial charge in [-0.1, -0.05) is 31.5 Å². The Labute approximate surface area is 196 Å². The Morgan fingerprint density at radius 1 is 0.844 bits per heavy atom. The summed E-state index contributed by atoms with van der Waals surface area (Å²) in [6, 6.07) is 8.98. The predicted molar refractivity (Wildman–Crippen MR) is 129 cm³/mol. The smallest absolute Gasteiger partial charge is 0.230 e. The number of aromatic hydroxyl groups is 1. The minimum absolute atomic E-state index is 0.0306. The fourth-order valence-corrected chi connectivity index (χ4v) is 3.13. The van der Waals surface area contributed by atoms with E-state index >= 15 is 0 Å². The molecule has 32 heavy (non-hydrogen) atoms. The van der Waals surface area contributed by atoms with Crippen LogP contribution in [0.2, 0.25) is 5.02 Å². The molecule has 0 amide bonds. The second-order valence-corrected chi connectivity index (χ2v) is 7.82. The van der Waals surface area contributed by atoms with E-state index in [0.29, 0.717) is 23.9 Å².